The number of hydrogen-bond donors (Lipinski definition) is 2. The molecule has 4 heteroatoms. The summed E-state index contributed by atoms with van der Waals surface area (Å²) in [6.45, 7) is 1.91. The normalized spacial score (nSPS) is 13.7. The molecule has 0 aliphatic carbocycles. The van der Waals surface area contributed by atoms with Crippen LogP contribution >= 0.6 is 22.6 Å². The first kappa shape index (κ1) is 13.6. The number of anilines is 1. The van der Waals surface area contributed by atoms with Crippen molar-refractivity contribution >= 4 is 34.2 Å². The first-order valence-electron chi connectivity index (χ1n) is 6.62. The Kier molecular flexibility index (Phi) is 4.03. The smallest absolute Gasteiger partial charge is 0.255 e. The highest BCUT2D eigenvalue weighted by atomic mass is 127. The van der Waals surface area contributed by atoms with Gasteiger partial charge in [0, 0.05) is 21.4 Å². The van der Waals surface area contributed by atoms with Crippen molar-refractivity contribution in [3.05, 3.63) is 62.7 Å². The zero-order valence-corrected chi connectivity index (χ0v) is 13.1. The number of fused-ring (bicyclic) bond motifs is 1. The molecule has 0 saturated heterocycles. The van der Waals surface area contributed by atoms with Crippen LogP contribution in [0.15, 0.2) is 42.5 Å². The molecule has 0 bridgehead atoms. The summed E-state index contributed by atoms with van der Waals surface area (Å²) >= 11 is 2.23. The lowest BCUT2D eigenvalue weighted by Crippen LogP contribution is -2.23. The van der Waals surface area contributed by atoms with Gasteiger partial charge in [-0.3, -0.25) is 4.79 Å². The Morgan fingerprint density at radius 1 is 1.10 bits per heavy atom. The summed E-state index contributed by atoms with van der Waals surface area (Å²) in [5, 5.41) is 6.30. The van der Waals surface area contributed by atoms with Crippen LogP contribution in [0.4, 0.5) is 5.69 Å². The lowest BCUT2D eigenvalue weighted by molar-refractivity contribution is 0.102. The molecule has 2 aromatic carbocycles. The molecule has 1 aliphatic rings. The highest BCUT2D eigenvalue weighted by molar-refractivity contribution is 14.1. The van der Waals surface area contributed by atoms with E-state index in [-0.39, 0.29) is 5.91 Å². The first-order valence-corrected chi connectivity index (χ1v) is 7.70. The zero-order chi connectivity index (χ0) is 13.9. The Balaban J connectivity index is 1.77. The predicted molar refractivity (Wildman–Crippen MR) is 89.0 cm³/mol. The average molecular weight is 378 g/mol. The van der Waals surface area contributed by atoms with Crippen LogP contribution in [0, 0.1) is 3.57 Å². The number of amides is 1. The number of rotatable bonds is 2. The second-order valence-electron chi connectivity index (χ2n) is 4.87. The van der Waals surface area contributed by atoms with Gasteiger partial charge in [0.2, 0.25) is 0 Å². The van der Waals surface area contributed by atoms with Crippen molar-refractivity contribution < 1.29 is 4.79 Å². The Morgan fingerprint density at radius 3 is 2.70 bits per heavy atom. The third-order valence-electron chi connectivity index (χ3n) is 3.46. The van der Waals surface area contributed by atoms with Crippen LogP contribution in [0.2, 0.25) is 0 Å². The maximum atomic E-state index is 12.2. The van der Waals surface area contributed by atoms with Crippen LogP contribution in [0.3, 0.4) is 0 Å². The highest BCUT2D eigenvalue weighted by Crippen LogP contribution is 2.19. The number of hydrogen-bond acceptors (Lipinski definition) is 2. The van der Waals surface area contributed by atoms with Gasteiger partial charge < -0.3 is 10.6 Å². The van der Waals surface area contributed by atoms with Crippen LogP contribution in [-0.4, -0.2) is 12.5 Å². The van der Waals surface area contributed by atoms with E-state index in [1.54, 1.807) is 0 Å². The number of benzene rings is 2. The molecule has 0 radical (unpaired) electrons. The standard InChI is InChI=1S/C16H15IN2O/c17-14-4-1-12(2-5-14)16(20)19-15-6-3-11-7-8-18-10-13(11)9-15/h1-6,9,18H,7-8,10H2,(H,19,20). The largest absolute Gasteiger partial charge is 0.322 e. The first-order chi connectivity index (χ1) is 9.72. The van der Waals surface area contributed by atoms with E-state index in [0.717, 1.165) is 28.8 Å². The highest BCUT2D eigenvalue weighted by Gasteiger charge is 2.11. The summed E-state index contributed by atoms with van der Waals surface area (Å²) in [6.07, 6.45) is 1.06. The van der Waals surface area contributed by atoms with Crippen molar-refractivity contribution in [1.82, 2.24) is 5.32 Å². The van der Waals surface area contributed by atoms with E-state index >= 15 is 0 Å². The summed E-state index contributed by atoms with van der Waals surface area (Å²) in [5.41, 5.74) is 4.19. The molecule has 1 heterocycles. The molecule has 2 N–H and O–H groups in total. The molecular formula is C16H15IN2O. The molecule has 102 valence electrons. The molecule has 20 heavy (non-hydrogen) atoms. The van der Waals surface area contributed by atoms with Gasteiger partial charge in [-0.05, 0) is 83.1 Å². The van der Waals surface area contributed by atoms with Crippen LogP contribution in [0.1, 0.15) is 21.5 Å². The monoisotopic (exact) mass is 378 g/mol. The van der Waals surface area contributed by atoms with E-state index < -0.39 is 0 Å². The molecule has 1 amide bonds. The third kappa shape index (κ3) is 3.02. The van der Waals surface area contributed by atoms with Gasteiger partial charge in [-0.25, -0.2) is 0 Å². The van der Waals surface area contributed by atoms with Crippen LogP contribution in [0.5, 0.6) is 0 Å². The van der Waals surface area contributed by atoms with Gasteiger partial charge in [-0.1, -0.05) is 6.07 Å². The molecule has 3 rings (SSSR count). The Morgan fingerprint density at radius 2 is 1.90 bits per heavy atom. The fraction of sp³-hybridized carbons (Fsp3) is 0.188. The summed E-state index contributed by atoms with van der Waals surface area (Å²) in [7, 11) is 0. The summed E-state index contributed by atoms with van der Waals surface area (Å²) in [4.78, 5) is 12.2. The van der Waals surface area contributed by atoms with E-state index in [1.807, 2.05) is 30.3 Å². The molecule has 0 aromatic heterocycles. The minimum absolute atomic E-state index is 0.0647. The molecule has 0 unspecified atom stereocenters. The summed E-state index contributed by atoms with van der Waals surface area (Å²) < 4.78 is 1.12. The third-order valence-corrected chi connectivity index (χ3v) is 4.18. The minimum Gasteiger partial charge on any atom is -0.322 e. The number of halogens is 1. The molecule has 0 atom stereocenters. The lowest BCUT2D eigenvalue weighted by Gasteiger charge is -2.18. The predicted octanol–water partition coefficient (Wildman–Crippen LogP) is 3.19. The maximum Gasteiger partial charge on any atom is 0.255 e. The molecule has 0 fully saturated rings. The van der Waals surface area contributed by atoms with Crippen molar-refractivity contribution in [2.45, 2.75) is 13.0 Å². The van der Waals surface area contributed by atoms with Gasteiger partial charge in [-0.15, -0.1) is 0 Å². The second-order valence-corrected chi connectivity index (χ2v) is 6.12. The summed E-state index contributed by atoms with van der Waals surface area (Å²) in [5.74, 6) is -0.0647. The maximum absolute atomic E-state index is 12.2. The van der Waals surface area contributed by atoms with Crippen molar-refractivity contribution in [3.8, 4) is 0 Å². The van der Waals surface area contributed by atoms with E-state index in [9.17, 15) is 4.79 Å². The molecular weight excluding hydrogens is 363 g/mol. The molecule has 3 nitrogen and oxygen atoms in total. The van der Waals surface area contributed by atoms with E-state index in [1.165, 1.54) is 11.1 Å². The fourth-order valence-corrected chi connectivity index (χ4v) is 2.72. The van der Waals surface area contributed by atoms with Crippen LogP contribution in [-0.2, 0) is 13.0 Å². The Bertz CT molecular complexity index is 637. The van der Waals surface area contributed by atoms with E-state index in [4.69, 9.17) is 0 Å². The lowest BCUT2D eigenvalue weighted by atomic mass is 10.0. The Labute approximate surface area is 131 Å². The van der Waals surface area contributed by atoms with Crippen molar-refractivity contribution in [1.29, 1.82) is 0 Å². The SMILES string of the molecule is O=C(Nc1ccc2c(c1)CNCC2)c1ccc(I)cc1. The van der Waals surface area contributed by atoms with E-state index in [0.29, 0.717) is 5.56 Å². The number of carbonyl (C=O) groups excluding carboxylic acids is 1. The van der Waals surface area contributed by atoms with Crippen molar-refractivity contribution in [3.63, 3.8) is 0 Å². The van der Waals surface area contributed by atoms with Crippen LogP contribution < -0.4 is 10.6 Å². The summed E-state index contributed by atoms with van der Waals surface area (Å²) in [6, 6.07) is 13.7. The average Bonchev–Trinajstić information content (AvgIpc) is 2.48. The number of nitrogens with one attached hydrogen (secondary N) is 2. The van der Waals surface area contributed by atoms with Gasteiger partial charge in [0.1, 0.15) is 0 Å². The molecule has 0 saturated carbocycles. The molecule has 1 aliphatic heterocycles. The van der Waals surface area contributed by atoms with Gasteiger partial charge >= 0.3 is 0 Å². The second kappa shape index (κ2) is 5.93. The minimum atomic E-state index is -0.0647. The topological polar surface area (TPSA) is 41.1 Å². The van der Waals surface area contributed by atoms with Gasteiger partial charge in [0.25, 0.3) is 5.91 Å². The van der Waals surface area contributed by atoms with Gasteiger partial charge in [0.05, 0.1) is 0 Å². The Hall–Kier alpha value is -1.40. The van der Waals surface area contributed by atoms with Crippen molar-refractivity contribution in [2.75, 3.05) is 11.9 Å². The molecule has 2 aromatic rings. The molecule has 0 spiro atoms. The zero-order valence-electron chi connectivity index (χ0n) is 10.9. The fourth-order valence-electron chi connectivity index (χ4n) is 2.36. The van der Waals surface area contributed by atoms with Crippen LogP contribution in [0.25, 0.3) is 0 Å². The van der Waals surface area contributed by atoms with Gasteiger partial charge in [0.15, 0.2) is 0 Å². The van der Waals surface area contributed by atoms with Gasteiger partial charge in [-0.2, -0.15) is 0 Å². The van der Waals surface area contributed by atoms with Crippen molar-refractivity contribution in [2.24, 2.45) is 0 Å². The number of carbonyl (C=O) groups is 1. The quantitative estimate of drug-likeness (QED) is 0.789. The van der Waals surface area contributed by atoms with E-state index in [2.05, 4.69) is 45.4 Å².